The Morgan fingerprint density at radius 2 is 1.82 bits per heavy atom. The minimum atomic E-state index is 0.776. The van der Waals surface area contributed by atoms with E-state index in [1.54, 1.807) is 0 Å². The quantitative estimate of drug-likeness (QED) is 0.727. The van der Waals surface area contributed by atoms with Gasteiger partial charge in [0.05, 0.1) is 13.2 Å². The van der Waals surface area contributed by atoms with Crippen LogP contribution in [0.25, 0.3) is 16.7 Å². The highest BCUT2D eigenvalue weighted by molar-refractivity contribution is 5.83. The van der Waals surface area contributed by atoms with E-state index in [4.69, 9.17) is 9.72 Å². The Balaban J connectivity index is 1.84. The van der Waals surface area contributed by atoms with Crippen molar-refractivity contribution in [2.24, 2.45) is 0 Å². The number of hydrogen-bond donors (Lipinski definition) is 0. The van der Waals surface area contributed by atoms with E-state index in [1.165, 1.54) is 10.9 Å². The normalized spacial score (nSPS) is 15.4. The van der Waals surface area contributed by atoms with Crippen molar-refractivity contribution in [3.63, 3.8) is 0 Å². The summed E-state index contributed by atoms with van der Waals surface area (Å²) in [5.41, 5.74) is 3.43. The van der Waals surface area contributed by atoms with E-state index < -0.39 is 0 Å². The second-order valence-electron chi connectivity index (χ2n) is 5.66. The number of rotatable bonds is 2. The molecule has 2 aromatic heterocycles. The molecule has 22 heavy (non-hydrogen) atoms. The van der Waals surface area contributed by atoms with Crippen molar-refractivity contribution in [3.8, 4) is 5.69 Å². The number of fused-ring (bicyclic) bond motifs is 1. The average molecular weight is 293 g/mol. The zero-order valence-electron chi connectivity index (χ0n) is 12.7. The second kappa shape index (κ2) is 5.46. The maximum Gasteiger partial charge on any atom is 0.147 e. The molecule has 0 bridgehead atoms. The number of benzene rings is 1. The number of ether oxygens (including phenoxy) is 1. The minimum absolute atomic E-state index is 0.776. The van der Waals surface area contributed by atoms with Crippen LogP contribution in [0.2, 0.25) is 0 Å². The Bertz CT molecular complexity index is 789. The standard InChI is InChI=1S/C18H19N3O/c1-14-13-17(20-9-11-22-12-10-20)19-18-16(14)7-8-21(18)15-5-3-2-4-6-15/h2-8,13H,9-12H2,1H3. The molecule has 0 radical (unpaired) electrons. The number of aryl methyl sites for hydroxylation is 1. The molecule has 1 aromatic carbocycles. The van der Waals surface area contributed by atoms with Crippen LogP contribution in [-0.2, 0) is 4.74 Å². The first-order valence-electron chi connectivity index (χ1n) is 7.70. The van der Waals surface area contributed by atoms with Gasteiger partial charge in [-0.25, -0.2) is 4.98 Å². The lowest BCUT2D eigenvalue weighted by atomic mass is 10.2. The Labute approximate surface area is 130 Å². The molecule has 0 atom stereocenters. The minimum Gasteiger partial charge on any atom is -0.378 e. The first-order chi connectivity index (χ1) is 10.8. The number of hydrogen-bond acceptors (Lipinski definition) is 3. The van der Waals surface area contributed by atoms with Gasteiger partial charge < -0.3 is 14.2 Å². The Morgan fingerprint density at radius 3 is 2.59 bits per heavy atom. The molecule has 1 saturated heterocycles. The SMILES string of the molecule is Cc1cc(N2CCOCC2)nc2c1ccn2-c1ccccc1. The fourth-order valence-corrected chi connectivity index (χ4v) is 3.01. The predicted octanol–water partition coefficient (Wildman–Crippen LogP) is 3.17. The smallest absolute Gasteiger partial charge is 0.147 e. The summed E-state index contributed by atoms with van der Waals surface area (Å²) in [5.74, 6) is 1.05. The molecule has 0 aliphatic carbocycles. The van der Waals surface area contributed by atoms with Crippen molar-refractivity contribution >= 4 is 16.9 Å². The summed E-state index contributed by atoms with van der Waals surface area (Å²) < 4.78 is 7.60. The average Bonchev–Trinajstić information content (AvgIpc) is 3.01. The predicted molar refractivity (Wildman–Crippen MR) is 88.8 cm³/mol. The van der Waals surface area contributed by atoms with Crippen LogP contribution in [0.15, 0.2) is 48.7 Å². The third-order valence-corrected chi connectivity index (χ3v) is 4.22. The lowest BCUT2D eigenvalue weighted by Gasteiger charge is -2.28. The van der Waals surface area contributed by atoms with Crippen LogP contribution in [0.5, 0.6) is 0 Å². The van der Waals surface area contributed by atoms with E-state index in [9.17, 15) is 0 Å². The zero-order valence-corrected chi connectivity index (χ0v) is 12.7. The molecule has 1 fully saturated rings. The summed E-state index contributed by atoms with van der Waals surface area (Å²) in [4.78, 5) is 7.23. The third-order valence-electron chi connectivity index (χ3n) is 4.22. The molecule has 3 heterocycles. The fourth-order valence-electron chi connectivity index (χ4n) is 3.01. The largest absolute Gasteiger partial charge is 0.378 e. The van der Waals surface area contributed by atoms with Gasteiger partial charge >= 0.3 is 0 Å². The second-order valence-corrected chi connectivity index (χ2v) is 5.66. The highest BCUT2D eigenvalue weighted by Crippen LogP contribution is 2.26. The summed E-state index contributed by atoms with van der Waals surface area (Å²) in [7, 11) is 0. The van der Waals surface area contributed by atoms with E-state index in [2.05, 4.69) is 59.0 Å². The molecule has 1 aliphatic rings. The van der Waals surface area contributed by atoms with Gasteiger partial charge in [0, 0.05) is 30.4 Å². The number of nitrogens with zero attached hydrogens (tertiary/aromatic N) is 3. The molecule has 1 aliphatic heterocycles. The number of aromatic nitrogens is 2. The molecule has 3 aromatic rings. The van der Waals surface area contributed by atoms with Crippen molar-refractivity contribution in [2.45, 2.75) is 6.92 Å². The Kier molecular flexibility index (Phi) is 3.31. The highest BCUT2D eigenvalue weighted by Gasteiger charge is 2.15. The molecule has 112 valence electrons. The number of pyridine rings is 1. The fraction of sp³-hybridized carbons (Fsp3) is 0.278. The molecule has 0 N–H and O–H groups in total. The molecule has 4 nitrogen and oxygen atoms in total. The van der Waals surface area contributed by atoms with Crippen LogP contribution < -0.4 is 4.90 Å². The Hall–Kier alpha value is -2.33. The highest BCUT2D eigenvalue weighted by atomic mass is 16.5. The van der Waals surface area contributed by atoms with Gasteiger partial charge in [-0.1, -0.05) is 18.2 Å². The van der Waals surface area contributed by atoms with Gasteiger partial charge in [0.1, 0.15) is 11.5 Å². The van der Waals surface area contributed by atoms with Crippen LogP contribution in [-0.4, -0.2) is 35.9 Å². The molecule has 4 heteroatoms. The Morgan fingerprint density at radius 1 is 1.05 bits per heavy atom. The van der Waals surface area contributed by atoms with Crippen molar-refractivity contribution in [1.29, 1.82) is 0 Å². The molecule has 0 spiro atoms. The van der Waals surface area contributed by atoms with E-state index in [0.717, 1.165) is 43.5 Å². The lowest BCUT2D eigenvalue weighted by molar-refractivity contribution is 0.122. The number of morpholine rings is 1. The van der Waals surface area contributed by atoms with Crippen LogP contribution in [0.4, 0.5) is 5.82 Å². The summed E-state index contributed by atoms with van der Waals surface area (Å²) in [6.45, 7) is 5.52. The van der Waals surface area contributed by atoms with Crippen LogP contribution >= 0.6 is 0 Å². The summed E-state index contributed by atoms with van der Waals surface area (Å²) in [6.07, 6.45) is 2.10. The van der Waals surface area contributed by atoms with Crippen molar-refractivity contribution in [1.82, 2.24) is 9.55 Å². The molecular formula is C18H19N3O. The summed E-state index contributed by atoms with van der Waals surface area (Å²) >= 11 is 0. The van der Waals surface area contributed by atoms with Gasteiger partial charge in [-0.3, -0.25) is 0 Å². The van der Waals surface area contributed by atoms with Gasteiger partial charge in [-0.05, 0) is 36.8 Å². The zero-order chi connectivity index (χ0) is 14.9. The first kappa shape index (κ1) is 13.3. The van der Waals surface area contributed by atoms with E-state index >= 15 is 0 Å². The summed E-state index contributed by atoms with van der Waals surface area (Å²) in [6, 6.07) is 14.7. The van der Waals surface area contributed by atoms with Gasteiger partial charge in [0.15, 0.2) is 0 Å². The van der Waals surface area contributed by atoms with Gasteiger partial charge in [-0.15, -0.1) is 0 Å². The van der Waals surface area contributed by atoms with E-state index in [0.29, 0.717) is 0 Å². The number of para-hydroxylation sites is 1. The van der Waals surface area contributed by atoms with Crippen molar-refractivity contribution in [2.75, 3.05) is 31.2 Å². The van der Waals surface area contributed by atoms with E-state index in [-0.39, 0.29) is 0 Å². The molecule has 0 unspecified atom stereocenters. The van der Waals surface area contributed by atoms with Gasteiger partial charge in [0.25, 0.3) is 0 Å². The first-order valence-corrected chi connectivity index (χ1v) is 7.70. The van der Waals surface area contributed by atoms with Crippen LogP contribution in [0.1, 0.15) is 5.56 Å². The maximum absolute atomic E-state index is 5.44. The maximum atomic E-state index is 5.44. The molecular weight excluding hydrogens is 274 g/mol. The lowest BCUT2D eigenvalue weighted by Crippen LogP contribution is -2.36. The monoisotopic (exact) mass is 293 g/mol. The summed E-state index contributed by atoms with van der Waals surface area (Å²) in [5, 5.41) is 1.21. The molecule has 0 amide bonds. The van der Waals surface area contributed by atoms with Gasteiger partial charge in [-0.2, -0.15) is 0 Å². The molecule has 0 saturated carbocycles. The van der Waals surface area contributed by atoms with Crippen LogP contribution in [0, 0.1) is 6.92 Å². The topological polar surface area (TPSA) is 30.3 Å². The molecule has 4 rings (SSSR count). The van der Waals surface area contributed by atoms with Crippen molar-refractivity contribution < 1.29 is 4.74 Å². The van der Waals surface area contributed by atoms with E-state index in [1.807, 2.05) is 6.07 Å². The third kappa shape index (κ3) is 2.25. The van der Waals surface area contributed by atoms with Gasteiger partial charge in [0.2, 0.25) is 0 Å². The number of anilines is 1. The van der Waals surface area contributed by atoms with Crippen molar-refractivity contribution in [3.05, 3.63) is 54.2 Å². The van der Waals surface area contributed by atoms with Crippen LogP contribution in [0.3, 0.4) is 0 Å².